The molecule has 148 valence electrons. The van der Waals surface area contributed by atoms with Gasteiger partial charge in [0.15, 0.2) is 18.1 Å². The van der Waals surface area contributed by atoms with Crippen molar-refractivity contribution in [3.05, 3.63) is 46.8 Å². The van der Waals surface area contributed by atoms with Crippen molar-refractivity contribution in [3.8, 4) is 11.5 Å². The molecule has 7 heteroatoms. The van der Waals surface area contributed by atoms with Crippen molar-refractivity contribution in [3.63, 3.8) is 0 Å². The van der Waals surface area contributed by atoms with Crippen molar-refractivity contribution in [1.82, 2.24) is 4.57 Å². The zero-order chi connectivity index (χ0) is 19.7. The van der Waals surface area contributed by atoms with Gasteiger partial charge in [0.25, 0.3) is 0 Å². The number of carbonyl (C=O) groups excluding carboxylic acids is 2. The fourth-order valence-electron chi connectivity index (χ4n) is 3.67. The van der Waals surface area contributed by atoms with Crippen LogP contribution in [-0.2, 0) is 16.0 Å². The number of ether oxygens (including phenoxy) is 4. The van der Waals surface area contributed by atoms with E-state index in [9.17, 15) is 9.59 Å². The summed E-state index contributed by atoms with van der Waals surface area (Å²) >= 11 is 0. The summed E-state index contributed by atoms with van der Waals surface area (Å²) in [6.07, 6.45) is 2.30. The van der Waals surface area contributed by atoms with Crippen LogP contribution >= 0.6 is 0 Å². The van der Waals surface area contributed by atoms with E-state index in [4.69, 9.17) is 18.9 Å². The average molecular weight is 385 g/mol. The molecule has 0 bridgehead atoms. The van der Waals surface area contributed by atoms with E-state index in [-0.39, 0.29) is 25.3 Å². The molecule has 0 radical (unpaired) electrons. The quantitative estimate of drug-likeness (QED) is 0.562. The maximum atomic E-state index is 12.6. The maximum absolute atomic E-state index is 12.6. The molecule has 1 atom stereocenters. The number of fused-ring (bicyclic) bond motifs is 1. The van der Waals surface area contributed by atoms with E-state index in [0.717, 1.165) is 37.4 Å². The van der Waals surface area contributed by atoms with Crippen LogP contribution in [0.5, 0.6) is 11.5 Å². The summed E-state index contributed by atoms with van der Waals surface area (Å²) < 4.78 is 23.5. The van der Waals surface area contributed by atoms with Crippen LogP contribution in [0.2, 0.25) is 0 Å². The van der Waals surface area contributed by atoms with Gasteiger partial charge in [0.1, 0.15) is 0 Å². The van der Waals surface area contributed by atoms with E-state index in [2.05, 4.69) is 4.57 Å². The molecule has 0 aliphatic carbocycles. The van der Waals surface area contributed by atoms with Crippen LogP contribution in [0, 0.1) is 13.8 Å². The van der Waals surface area contributed by atoms with Crippen LogP contribution in [0.3, 0.4) is 0 Å². The minimum Gasteiger partial charge on any atom is -0.454 e. The molecule has 0 spiro atoms. The molecule has 2 aromatic rings. The van der Waals surface area contributed by atoms with Gasteiger partial charge >= 0.3 is 5.97 Å². The molecule has 4 rings (SSSR count). The van der Waals surface area contributed by atoms with E-state index < -0.39 is 5.97 Å². The molecule has 28 heavy (non-hydrogen) atoms. The van der Waals surface area contributed by atoms with Crippen molar-refractivity contribution >= 4 is 11.8 Å². The highest BCUT2D eigenvalue weighted by atomic mass is 16.7. The first-order chi connectivity index (χ1) is 13.5. The van der Waals surface area contributed by atoms with Crippen molar-refractivity contribution < 1.29 is 28.5 Å². The third kappa shape index (κ3) is 3.62. The molecule has 7 nitrogen and oxygen atoms in total. The number of aryl methyl sites for hydroxylation is 1. The molecule has 0 unspecified atom stereocenters. The fraction of sp³-hybridized carbons (Fsp3) is 0.429. The second kappa shape index (κ2) is 7.67. The second-order valence-electron chi connectivity index (χ2n) is 7.10. The lowest BCUT2D eigenvalue weighted by Gasteiger charge is -2.14. The van der Waals surface area contributed by atoms with Crippen molar-refractivity contribution in [1.29, 1.82) is 0 Å². The molecule has 3 heterocycles. The Morgan fingerprint density at radius 2 is 2.00 bits per heavy atom. The van der Waals surface area contributed by atoms with E-state index in [1.165, 1.54) is 0 Å². The first-order valence-electron chi connectivity index (χ1n) is 9.41. The predicted octanol–water partition coefficient (Wildman–Crippen LogP) is 3.05. The standard InChI is InChI=1S/C21H23NO6/c1-13-8-17(14(2)22(13)10-16-4-3-7-25-16)18(23)11-26-21(24)15-5-6-19-20(9-15)28-12-27-19/h5-6,8-9,16H,3-4,7,10-12H2,1-2H3/t16-/m1/s1. The summed E-state index contributed by atoms with van der Waals surface area (Å²) in [5.41, 5.74) is 2.77. The van der Waals surface area contributed by atoms with Gasteiger partial charge in [0.2, 0.25) is 12.6 Å². The monoisotopic (exact) mass is 385 g/mol. The summed E-state index contributed by atoms with van der Waals surface area (Å²) in [4.78, 5) is 24.9. The SMILES string of the molecule is Cc1cc(C(=O)COC(=O)c2ccc3c(c2)OCO3)c(C)n1C[C@H]1CCCO1. The third-order valence-electron chi connectivity index (χ3n) is 5.23. The van der Waals surface area contributed by atoms with Crippen LogP contribution < -0.4 is 9.47 Å². The minimum absolute atomic E-state index is 0.133. The number of Topliss-reactive ketones (excluding diaryl/α,β-unsaturated/α-hetero) is 1. The molecule has 1 aromatic carbocycles. The third-order valence-corrected chi connectivity index (χ3v) is 5.23. The van der Waals surface area contributed by atoms with Gasteiger partial charge in [-0.1, -0.05) is 0 Å². The molecule has 2 aliphatic heterocycles. The lowest BCUT2D eigenvalue weighted by Crippen LogP contribution is -2.18. The number of nitrogens with zero attached hydrogens (tertiary/aromatic N) is 1. The number of hydrogen-bond acceptors (Lipinski definition) is 6. The van der Waals surface area contributed by atoms with Gasteiger partial charge in [0, 0.05) is 30.1 Å². The lowest BCUT2D eigenvalue weighted by atomic mass is 10.1. The Kier molecular flexibility index (Phi) is 5.09. The minimum atomic E-state index is -0.570. The average Bonchev–Trinajstić information content (AvgIpc) is 3.42. The number of hydrogen-bond donors (Lipinski definition) is 0. The summed E-state index contributed by atoms with van der Waals surface area (Å²) in [5.74, 6) is 0.297. The van der Waals surface area contributed by atoms with Crippen LogP contribution in [0.1, 0.15) is 44.9 Å². The molecule has 1 saturated heterocycles. The largest absolute Gasteiger partial charge is 0.454 e. The highest BCUT2D eigenvalue weighted by Crippen LogP contribution is 2.32. The lowest BCUT2D eigenvalue weighted by molar-refractivity contribution is 0.0474. The predicted molar refractivity (Wildman–Crippen MR) is 100 cm³/mol. The zero-order valence-corrected chi connectivity index (χ0v) is 16.0. The molecule has 1 fully saturated rings. The van der Waals surface area contributed by atoms with E-state index in [0.29, 0.717) is 22.6 Å². The first-order valence-corrected chi connectivity index (χ1v) is 9.41. The highest BCUT2D eigenvalue weighted by molar-refractivity contribution is 6.00. The Labute approximate surface area is 163 Å². The molecule has 0 amide bonds. The molecular weight excluding hydrogens is 362 g/mol. The number of carbonyl (C=O) groups is 2. The van der Waals surface area contributed by atoms with Gasteiger partial charge in [0.05, 0.1) is 11.7 Å². The van der Waals surface area contributed by atoms with Crippen LogP contribution in [0.4, 0.5) is 0 Å². The summed E-state index contributed by atoms with van der Waals surface area (Å²) in [6, 6.07) is 6.65. The van der Waals surface area contributed by atoms with Gasteiger partial charge < -0.3 is 23.5 Å². The molecule has 0 N–H and O–H groups in total. The maximum Gasteiger partial charge on any atom is 0.338 e. The smallest absolute Gasteiger partial charge is 0.338 e. The Balaban J connectivity index is 1.40. The molecular formula is C21H23NO6. The van der Waals surface area contributed by atoms with E-state index >= 15 is 0 Å². The zero-order valence-electron chi connectivity index (χ0n) is 16.0. The molecule has 1 aromatic heterocycles. The normalized spacial score (nSPS) is 17.7. The number of esters is 1. The van der Waals surface area contributed by atoms with E-state index in [1.54, 1.807) is 18.2 Å². The first kappa shape index (κ1) is 18.6. The van der Waals surface area contributed by atoms with Crippen molar-refractivity contribution in [2.75, 3.05) is 20.0 Å². The Hall–Kier alpha value is -2.80. The molecule has 2 aliphatic rings. The fourth-order valence-corrected chi connectivity index (χ4v) is 3.67. The number of benzene rings is 1. The number of ketones is 1. The van der Waals surface area contributed by atoms with Crippen molar-refractivity contribution in [2.24, 2.45) is 0 Å². The number of aromatic nitrogens is 1. The second-order valence-corrected chi connectivity index (χ2v) is 7.10. The van der Waals surface area contributed by atoms with Crippen LogP contribution in [0.25, 0.3) is 0 Å². The van der Waals surface area contributed by atoms with Crippen LogP contribution in [-0.4, -0.2) is 42.4 Å². The van der Waals surface area contributed by atoms with Crippen LogP contribution in [0.15, 0.2) is 24.3 Å². The summed E-state index contributed by atoms with van der Waals surface area (Å²) in [5, 5.41) is 0. The van der Waals surface area contributed by atoms with Gasteiger partial charge in [-0.25, -0.2) is 4.79 Å². The summed E-state index contributed by atoms with van der Waals surface area (Å²) in [7, 11) is 0. The molecule has 0 saturated carbocycles. The summed E-state index contributed by atoms with van der Waals surface area (Å²) in [6.45, 7) is 5.24. The Bertz CT molecular complexity index is 910. The van der Waals surface area contributed by atoms with E-state index in [1.807, 2.05) is 19.9 Å². The van der Waals surface area contributed by atoms with Gasteiger partial charge in [-0.2, -0.15) is 0 Å². The number of rotatable bonds is 6. The van der Waals surface area contributed by atoms with Crippen molar-refractivity contribution in [2.45, 2.75) is 39.3 Å². The van der Waals surface area contributed by atoms with Gasteiger partial charge in [-0.05, 0) is 51.0 Å². The highest BCUT2D eigenvalue weighted by Gasteiger charge is 2.22. The van der Waals surface area contributed by atoms with Gasteiger partial charge in [-0.15, -0.1) is 0 Å². The Morgan fingerprint density at radius 1 is 1.18 bits per heavy atom. The topological polar surface area (TPSA) is 76.0 Å². The van der Waals surface area contributed by atoms with Gasteiger partial charge in [-0.3, -0.25) is 4.79 Å². The Morgan fingerprint density at radius 3 is 2.79 bits per heavy atom.